The molecule has 0 aliphatic heterocycles. The van der Waals surface area contributed by atoms with E-state index in [0.29, 0.717) is 13.0 Å². The number of carbonyl (C=O) groups is 1. The maximum absolute atomic E-state index is 11.7. The SMILES string of the molecule is CCC(C)NC(=O)CCNC(C)c1cc2ccccc2o1. The van der Waals surface area contributed by atoms with Crippen LogP contribution in [-0.2, 0) is 4.79 Å². The van der Waals surface area contributed by atoms with Gasteiger partial charge in [0.2, 0.25) is 5.91 Å². The molecular weight excluding hydrogens is 264 g/mol. The van der Waals surface area contributed by atoms with Gasteiger partial charge in [0, 0.05) is 24.4 Å². The molecule has 2 rings (SSSR count). The van der Waals surface area contributed by atoms with Gasteiger partial charge in [-0.1, -0.05) is 25.1 Å². The molecule has 0 radical (unpaired) electrons. The molecule has 0 aliphatic rings. The van der Waals surface area contributed by atoms with Crippen LogP contribution in [0.2, 0.25) is 0 Å². The lowest BCUT2D eigenvalue weighted by Gasteiger charge is -2.13. The Hall–Kier alpha value is -1.81. The van der Waals surface area contributed by atoms with Crippen molar-refractivity contribution in [3.8, 4) is 0 Å². The predicted octanol–water partition coefficient (Wildman–Crippen LogP) is 3.39. The van der Waals surface area contributed by atoms with Gasteiger partial charge in [-0.05, 0) is 32.4 Å². The summed E-state index contributed by atoms with van der Waals surface area (Å²) in [6.07, 6.45) is 1.43. The van der Waals surface area contributed by atoms with Crippen LogP contribution in [0.15, 0.2) is 34.7 Å². The van der Waals surface area contributed by atoms with Crippen molar-refractivity contribution < 1.29 is 9.21 Å². The summed E-state index contributed by atoms with van der Waals surface area (Å²) in [5.74, 6) is 0.993. The molecule has 1 aromatic carbocycles. The highest BCUT2D eigenvalue weighted by molar-refractivity contribution is 5.78. The highest BCUT2D eigenvalue weighted by atomic mass is 16.3. The average molecular weight is 288 g/mol. The molecular formula is C17H24N2O2. The topological polar surface area (TPSA) is 54.3 Å². The number of fused-ring (bicyclic) bond motifs is 1. The second-order valence-corrected chi connectivity index (χ2v) is 5.49. The quantitative estimate of drug-likeness (QED) is 0.821. The zero-order chi connectivity index (χ0) is 15.2. The van der Waals surface area contributed by atoms with Crippen LogP contribution in [0.1, 0.15) is 45.4 Å². The maximum atomic E-state index is 11.7. The number of carbonyl (C=O) groups excluding carboxylic acids is 1. The van der Waals surface area contributed by atoms with Crippen molar-refractivity contribution in [2.24, 2.45) is 0 Å². The Morgan fingerprint density at radius 2 is 2.05 bits per heavy atom. The van der Waals surface area contributed by atoms with Crippen LogP contribution < -0.4 is 10.6 Å². The molecule has 0 spiro atoms. The lowest BCUT2D eigenvalue weighted by atomic mass is 10.2. The smallest absolute Gasteiger partial charge is 0.221 e. The van der Waals surface area contributed by atoms with Gasteiger partial charge in [0.15, 0.2) is 0 Å². The first kappa shape index (κ1) is 15.6. The molecule has 2 N–H and O–H groups in total. The van der Waals surface area contributed by atoms with Crippen molar-refractivity contribution in [2.75, 3.05) is 6.54 Å². The number of hydrogen-bond acceptors (Lipinski definition) is 3. The Morgan fingerprint density at radius 3 is 2.76 bits per heavy atom. The molecule has 4 nitrogen and oxygen atoms in total. The minimum Gasteiger partial charge on any atom is -0.459 e. The van der Waals surface area contributed by atoms with Crippen LogP contribution in [0.4, 0.5) is 0 Å². The number of amides is 1. The van der Waals surface area contributed by atoms with Crippen LogP contribution >= 0.6 is 0 Å². The molecule has 1 heterocycles. The fourth-order valence-corrected chi connectivity index (χ4v) is 2.17. The molecule has 1 amide bonds. The summed E-state index contributed by atoms with van der Waals surface area (Å²) in [4.78, 5) is 11.7. The molecule has 21 heavy (non-hydrogen) atoms. The Labute approximate surface area is 125 Å². The van der Waals surface area contributed by atoms with E-state index in [2.05, 4.69) is 17.6 Å². The van der Waals surface area contributed by atoms with Gasteiger partial charge >= 0.3 is 0 Å². The minimum atomic E-state index is 0.0913. The van der Waals surface area contributed by atoms with Crippen molar-refractivity contribution in [1.82, 2.24) is 10.6 Å². The van der Waals surface area contributed by atoms with Gasteiger partial charge in [-0.2, -0.15) is 0 Å². The van der Waals surface area contributed by atoms with Gasteiger partial charge in [-0.3, -0.25) is 4.79 Å². The van der Waals surface area contributed by atoms with Crippen molar-refractivity contribution in [1.29, 1.82) is 0 Å². The third-order valence-electron chi connectivity index (χ3n) is 3.69. The zero-order valence-corrected chi connectivity index (χ0v) is 13.0. The van der Waals surface area contributed by atoms with E-state index in [1.54, 1.807) is 0 Å². The van der Waals surface area contributed by atoms with Gasteiger partial charge in [0.05, 0.1) is 6.04 Å². The fraction of sp³-hybridized carbons (Fsp3) is 0.471. The van der Waals surface area contributed by atoms with Crippen molar-refractivity contribution >= 4 is 16.9 Å². The molecule has 1 aromatic heterocycles. The highest BCUT2D eigenvalue weighted by Gasteiger charge is 2.12. The van der Waals surface area contributed by atoms with Gasteiger partial charge in [-0.15, -0.1) is 0 Å². The van der Waals surface area contributed by atoms with Gasteiger partial charge < -0.3 is 15.1 Å². The summed E-state index contributed by atoms with van der Waals surface area (Å²) in [6, 6.07) is 10.3. The molecule has 114 valence electrons. The number of nitrogens with one attached hydrogen (secondary N) is 2. The summed E-state index contributed by atoms with van der Waals surface area (Å²) in [5, 5.41) is 7.40. The average Bonchev–Trinajstić information content (AvgIpc) is 2.91. The zero-order valence-electron chi connectivity index (χ0n) is 13.0. The van der Waals surface area contributed by atoms with Gasteiger partial charge in [-0.25, -0.2) is 0 Å². The first-order chi connectivity index (χ1) is 10.1. The fourth-order valence-electron chi connectivity index (χ4n) is 2.17. The highest BCUT2D eigenvalue weighted by Crippen LogP contribution is 2.23. The van der Waals surface area contributed by atoms with Crippen LogP contribution in [0, 0.1) is 0 Å². The van der Waals surface area contributed by atoms with Gasteiger partial charge in [0.1, 0.15) is 11.3 Å². The van der Waals surface area contributed by atoms with Crippen LogP contribution in [0.3, 0.4) is 0 Å². The van der Waals surface area contributed by atoms with Gasteiger partial charge in [0.25, 0.3) is 0 Å². The molecule has 2 unspecified atom stereocenters. The predicted molar refractivity (Wildman–Crippen MR) is 85.1 cm³/mol. The third-order valence-corrected chi connectivity index (χ3v) is 3.69. The second kappa shape index (κ2) is 7.27. The van der Waals surface area contributed by atoms with E-state index in [-0.39, 0.29) is 18.0 Å². The minimum absolute atomic E-state index is 0.0913. The van der Waals surface area contributed by atoms with Crippen molar-refractivity contribution in [3.05, 3.63) is 36.1 Å². The molecule has 0 aliphatic carbocycles. The molecule has 0 fully saturated rings. The first-order valence-electron chi connectivity index (χ1n) is 7.61. The standard InChI is InChI=1S/C17H24N2O2/c1-4-12(2)19-17(20)9-10-18-13(3)16-11-14-7-5-6-8-15(14)21-16/h5-8,11-13,18H,4,9-10H2,1-3H3,(H,19,20). The molecule has 0 saturated carbocycles. The Balaban J connectivity index is 1.81. The van der Waals surface area contributed by atoms with E-state index < -0.39 is 0 Å². The van der Waals surface area contributed by atoms with E-state index in [1.807, 2.05) is 44.2 Å². The van der Waals surface area contributed by atoms with Crippen LogP contribution in [0.5, 0.6) is 0 Å². The lowest BCUT2D eigenvalue weighted by Crippen LogP contribution is -2.34. The largest absolute Gasteiger partial charge is 0.459 e. The molecule has 2 atom stereocenters. The third kappa shape index (κ3) is 4.33. The van der Waals surface area contributed by atoms with Crippen molar-refractivity contribution in [2.45, 2.75) is 45.7 Å². The van der Waals surface area contributed by atoms with Crippen LogP contribution in [-0.4, -0.2) is 18.5 Å². The number of rotatable bonds is 7. The first-order valence-corrected chi connectivity index (χ1v) is 7.61. The summed E-state index contributed by atoms with van der Waals surface area (Å²) < 4.78 is 5.81. The number of benzene rings is 1. The second-order valence-electron chi connectivity index (χ2n) is 5.49. The molecule has 0 bridgehead atoms. The maximum Gasteiger partial charge on any atom is 0.221 e. The van der Waals surface area contributed by atoms with Crippen LogP contribution in [0.25, 0.3) is 11.0 Å². The van der Waals surface area contributed by atoms with E-state index in [9.17, 15) is 4.79 Å². The van der Waals surface area contributed by atoms with E-state index >= 15 is 0 Å². The lowest BCUT2D eigenvalue weighted by molar-refractivity contribution is -0.121. The summed E-state index contributed by atoms with van der Waals surface area (Å²) >= 11 is 0. The molecule has 4 heteroatoms. The monoisotopic (exact) mass is 288 g/mol. The Morgan fingerprint density at radius 1 is 1.29 bits per heavy atom. The van der Waals surface area contributed by atoms with Crippen molar-refractivity contribution in [3.63, 3.8) is 0 Å². The van der Waals surface area contributed by atoms with E-state index in [1.165, 1.54) is 0 Å². The molecule has 2 aromatic rings. The summed E-state index contributed by atoms with van der Waals surface area (Å²) in [5.41, 5.74) is 0.899. The van der Waals surface area contributed by atoms with E-state index in [0.717, 1.165) is 23.2 Å². The number of hydrogen-bond donors (Lipinski definition) is 2. The summed E-state index contributed by atoms with van der Waals surface area (Å²) in [7, 11) is 0. The normalized spacial score (nSPS) is 14.0. The molecule has 0 saturated heterocycles. The Bertz CT molecular complexity index is 558. The van der Waals surface area contributed by atoms with E-state index in [4.69, 9.17) is 4.42 Å². The summed E-state index contributed by atoms with van der Waals surface area (Å²) in [6.45, 7) is 6.76. The Kier molecular flexibility index (Phi) is 5.39. The number of furan rings is 1. The number of para-hydroxylation sites is 1.